The molecular weight excluding hydrogens is 252 g/mol. The van der Waals surface area contributed by atoms with Crippen LogP contribution in [-0.4, -0.2) is 11.1 Å². The standard InChI is InChI=1S/C14H11ClO3/c15-11-4-2-1-3-8(11)12-5-6-13(18-12)9-7-10(9)14(16)17/h1-6,9-10H,7H2,(H,16,17)/t9-,10+/m0/s1. The molecule has 18 heavy (non-hydrogen) atoms. The Balaban J connectivity index is 1.87. The fourth-order valence-corrected chi connectivity index (χ4v) is 2.37. The van der Waals surface area contributed by atoms with Gasteiger partial charge in [-0.05, 0) is 30.7 Å². The second-order valence-corrected chi connectivity index (χ2v) is 4.88. The van der Waals surface area contributed by atoms with Crippen LogP contribution in [0.3, 0.4) is 0 Å². The van der Waals surface area contributed by atoms with Crippen LogP contribution in [0, 0.1) is 5.92 Å². The Hall–Kier alpha value is -1.74. The molecule has 1 aromatic carbocycles. The Morgan fingerprint density at radius 2 is 2.06 bits per heavy atom. The largest absolute Gasteiger partial charge is 0.481 e. The molecule has 1 aromatic heterocycles. The van der Waals surface area contributed by atoms with Crippen LogP contribution in [0.1, 0.15) is 18.1 Å². The summed E-state index contributed by atoms with van der Waals surface area (Å²) in [6, 6.07) is 11.1. The molecular formula is C14H11ClO3. The average molecular weight is 263 g/mol. The first-order chi connectivity index (χ1) is 8.66. The normalized spacial score (nSPS) is 21.8. The van der Waals surface area contributed by atoms with Crippen LogP contribution in [0.25, 0.3) is 11.3 Å². The third-order valence-electron chi connectivity index (χ3n) is 3.24. The summed E-state index contributed by atoms with van der Waals surface area (Å²) in [7, 11) is 0. The lowest BCUT2D eigenvalue weighted by Crippen LogP contribution is -1.98. The van der Waals surface area contributed by atoms with Crippen molar-refractivity contribution in [1.29, 1.82) is 0 Å². The van der Waals surface area contributed by atoms with E-state index in [1.807, 2.05) is 30.3 Å². The predicted molar refractivity (Wildman–Crippen MR) is 67.6 cm³/mol. The number of benzene rings is 1. The van der Waals surface area contributed by atoms with E-state index >= 15 is 0 Å². The second-order valence-electron chi connectivity index (χ2n) is 4.47. The van der Waals surface area contributed by atoms with Gasteiger partial charge in [0.15, 0.2) is 0 Å². The van der Waals surface area contributed by atoms with Crippen LogP contribution in [0.4, 0.5) is 0 Å². The van der Waals surface area contributed by atoms with Gasteiger partial charge in [0, 0.05) is 11.5 Å². The molecule has 92 valence electrons. The van der Waals surface area contributed by atoms with Crippen LogP contribution in [0.2, 0.25) is 5.02 Å². The Bertz CT molecular complexity index is 603. The van der Waals surface area contributed by atoms with E-state index in [9.17, 15) is 4.79 Å². The zero-order chi connectivity index (χ0) is 12.7. The van der Waals surface area contributed by atoms with Crippen molar-refractivity contribution in [3.8, 4) is 11.3 Å². The summed E-state index contributed by atoms with van der Waals surface area (Å²) in [6.07, 6.45) is 0.658. The first-order valence-corrected chi connectivity index (χ1v) is 6.12. The highest BCUT2D eigenvalue weighted by atomic mass is 35.5. The number of carboxylic acids is 1. The van der Waals surface area contributed by atoms with Gasteiger partial charge in [0.1, 0.15) is 11.5 Å². The van der Waals surface area contributed by atoms with Gasteiger partial charge in [0.2, 0.25) is 0 Å². The third kappa shape index (κ3) is 1.91. The van der Waals surface area contributed by atoms with Crippen molar-refractivity contribution in [2.24, 2.45) is 5.92 Å². The highest BCUT2D eigenvalue weighted by Gasteiger charge is 2.46. The van der Waals surface area contributed by atoms with E-state index in [0.717, 1.165) is 11.3 Å². The summed E-state index contributed by atoms with van der Waals surface area (Å²) in [4.78, 5) is 10.8. The summed E-state index contributed by atoms with van der Waals surface area (Å²) in [5.41, 5.74) is 0.831. The van der Waals surface area contributed by atoms with E-state index in [0.29, 0.717) is 17.2 Å². The fourth-order valence-electron chi connectivity index (χ4n) is 2.14. The Labute approximate surface area is 109 Å². The molecule has 1 aliphatic carbocycles. The Morgan fingerprint density at radius 1 is 1.28 bits per heavy atom. The first kappa shape index (κ1) is 11.4. The van der Waals surface area contributed by atoms with Gasteiger partial charge in [-0.25, -0.2) is 0 Å². The Kier molecular flexibility index (Phi) is 2.63. The van der Waals surface area contributed by atoms with Crippen LogP contribution in [-0.2, 0) is 4.79 Å². The average Bonchev–Trinajstić information content (AvgIpc) is 3.02. The zero-order valence-electron chi connectivity index (χ0n) is 9.47. The Morgan fingerprint density at radius 3 is 2.72 bits per heavy atom. The van der Waals surface area contributed by atoms with Gasteiger partial charge in [-0.15, -0.1) is 0 Å². The molecule has 1 aliphatic rings. The quantitative estimate of drug-likeness (QED) is 0.916. The van der Waals surface area contributed by atoms with Gasteiger partial charge < -0.3 is 9.52 Å². The molecule has 0 amide bonds. The maximum atomic E-state index is 10.8. The molecule has 1 N–H and O–H groups in total. The molecule has 0 spiro atoms. The summed E-state index contributed by atoms with van der Waals surface area (Å²) >= 11 is 6.09. The molecule has 0 bridgehead atoms. The maximum Gasteiger partial charge on any atom is 0.307 e. The zero-order valence-corrected chi connectivity index (χ0v) is 10.2. The molecule has 0 unspecified atom stereocenters. The number of hydrogen-bond donors (Lipinski definition) is 1. The van der Waals surface area contributed by atoms with Crippen LogP contribution >= 0.6 is 11.6 Å². The van der Waals surface area contributed by atoms with Gasteiger partial charge in [0.25, 0.3) is 0 Å². The summed E-state index contributed by atoms with van der Waals surface area (Å²) < 4.78 is 5.71. The lowest BCUT2D eigenvalue weighted by molar-refractivity contribution is -0.138. The van der Waals surface area contributed by atoms with Crippen molar-refractivity contribution < 1.29 is 14.3 Å². The predicted octanol–water partition coefficient (Wildman–Crippen LogP) is 3.79. The number of rotatable bonds is 3. The number of carbonyl (C=O) groups is 1. The third-order valence-corrected chi connectivity index (χ3v) is 3.57. The fraction of sp³-hybridized carbons (Fsp3) is 0.214. The topological polar surface area (TPSA) is 50.4 Å². The van der Waals surface area contributed by atoms with E-state index in [1.165, 1.54) is 0 Å². The van der Waals surface area contributed by atoms with Crippen molar-refractivity contribution in [3.63, 3.8) is 0 Å². The SMILES string of the molecule is O=C(O)[C@@H]1C[C@@H]1c1ccc(-c2ccccc2Cl)o1. The lowest BCUT2D eigenvalue weighted by Gasteiger charge is -1.99. The molecule has 1 fully saturated rings. The first-order valence-electron chi connectivity index (χ1n) is 5.74. The molecule has 2 atom stereocenters. The number of hydrogen-bond acceptors (Lipinski definition) is 2. The summed E-state index contributed by atoms with van der Waals surface area (Å²) in [5.74, 6) is 0.383. The molecule has 3 nitrogen and oxygen atoms in total. The molecule has 3 rings (SSSR count). The molecule has 0 aliphatic heterocycles. The minimum Gasteiger partial charge on any atom is -0.481 e. The highest BCUT2D eigenvalue weighted by Crippen LogP contribution is 2.48. The van der Waals surface area contributed by atoms with Crippen molar-refractivity contribution >= 4 is 17.6 Å². The van der Waals surface area contributed by atoms with Gasteiger partial charge >= 0.3 is 5.97 Å². The monoisotopic (exact) mass is 262 g/mol. The van der Waals surface area contributed by atoms with Gasteiger partial charge in [-0.1, -0.05) is 23.7 Å². The van der Waals surface area contributed by atoms with Crippen LogP contribution < -0.4 is 0 Å². The van der Waals surface area contributed by atoms with E-state index in [1.54, 1.807) is 6.07 Å². The number of carboxylic acid groups (broad SMARTS) is 1. The molecule has 2 aromatic rings. The van der Waals surface area contributed by atoms with Crippen molar-refractivity contribution in [3.05, 3.63) is 47.2 Å². The second kappa shape index (κ2) is 4.18. The van der Waals surface area contributed by atoms with Crippen molar-refractivity contribution in [2.45, 2.75) is 12.3 Å². The summed E-state index contributed by atoms with van der Waals surface area (Å²) in [5, 5.41) is 9.52. The molecule has 4 heteroatoms. The lowest BCUT2D eigenvalue weighted by atomic mass is 10.2. The minimum absolute atomic E-state index is 0.0127. The van der Waals surface area contributed by atoms with E-state index in [4.69, 9.17) is 21.1 Å². The van der Waals surface area contributed by atoms with E-state index < -0.39 is 5.97 Å². The van der Waals surface area contributed by atoms with Gasteiger partial charge in [-0.3, -0.25) is 4.79 Å². The molecule has 0 radical (unpaired) electrons. The number of halogens is 1. The number of furan rings is 1. The molecule has 1 saturated carbocycles. The molecule has 1 heterocycles. The van der Waals surface area contributed by atoms with Crippen molar-refractivity contribution in [1.82, 2.24) is 0 Å². The maximum absolute atomic E-state index is 10.8. The van der Waals surface area contributed by atoms with E-state index in [-0.39, 0.29) is 11.8 Å². The van der Waals surface area contributed by atoms with Gasteiger partial charge in [0.05, 0.1) is 10.9 Å². The highest BCUT2D eigenvalue weighted by molar-refractivity contribution is 6.33. The molecule has 0 saturated heterocycles. The number of aliphatic carboxylic acids is 1. The minimum atomic E-state index is -0.754. The van der Waals surface area contributed by atoms with Crippen LogP contribution in [0.5, 0.6) is 0 Å². The smallest absolute Gasteiger partial charge is 0.307 e. The van der Waals surface area contributed by atoms with E-state index in [2.05, 4.69) is 0 Å². The van der Waals surface area contributed by atoms with Gasteiger partial charge in [-0.2, -0.15) is 0 Å². The van der Waals surface area contributed by atoms with Crippen molar-refractivity contribution in [2.75, 3.05) is 0 Å². The van der Waals surface area contributed by atoms with Crippen LogP contribution in [0.15, 0.2) is 40.8 Å². The summed E-state index contributed by atoms with van der Waals surface area (Å²) in [6.45, 7) is 0.